The summed E-state index contributed by atoms with van der Waals surface area (Å²) in [5.41, 5.74) is 0.233. The van der Waals surface area contributed by atoms with Crippen molar-refractivity contribution in [3.63, 3.8) is 0 Å². The monoisotopic (exact) mass is 449 g/mol. The number of nitrogens with zero attached hydrogens (tertiary/aromatic N) is 3. The summed E-state index contributed by atoms with van der Waals surface area (Å²) >= 11 is 0. The van der Waals surface area contributed by atoms with Gasteiger partial charge in [0, 0.05) is 43.4 Å². The highest BCUT2D eigenvalue weighted by Gasteiger charge is 2.56. The molecule has 1 aromatic carbocycles. The molecule has 2 aliphatic rings. The molecule has 2 fully saturated rings. The molecule has 8 heteroatoms. The predicted octanol–water partition coefficient (Wildman–Crippen LogP) is 4.55. The summed E-state index contributed by atoms with van der Waals surface area (Å²) in [5, 5.41) is 12.3. The molecule has 0 unspecified atom stereocenters. The molecule has 1 aromatic heterocycles. The van der Waals surface area contributed by atoms with Crippen molar-refractivity contribution in [3.8, 4) is 5.75 Å². The molecular formula is C24H30F3N3O2. The average molecular weight is 450 g/mol. The van der Waals surface area contributed by atoms with Crippen molar-refractivity contribution < 1.29 is 23.0 Å². The summed E-state index contributed by atoms with van der Waals surface area (Å²) < 4.78 is 41.9. The summed E-state index contributed by atoms with van der Waals surface area (Å²) in [7, 11) is 0. The first kappa shape index (κ1) is 22.9. The first-order chi connectivity index (χ1) is 15.1. The normalized spacial score (nSPS) is 20.6. The molecule has 2 aliphatic heterocycles. The van der Waals surface area contributed by atoms with Crippen LogP contribution in [-0.2, 0) is 5.60 Å². The number of hydrogen-bond acceptors (Lipinski definition) is 5. The van der Waals surface area contributed by atoms with Crippen molar-refractivity contribution >= 4 is 5.69 Å². The van der Waals surface area contributed by atoms with E-state index in [0.717, 1.165) is 44.6 Å². The molecule has 0 aliphatic carbocycles. The van der Waals surface area contributed by atoms with E-state index in [1.807, 2.05) is 19.2 Å². The maximum absolute atomic E-state index is 12.6. The summed E-state index contributed by atoms with van der Waals surface area (Å²) in [5.74, 6) is -0.307. The maximum atomic E-state index is 12.6. The van der Waals surface area contributed by atoms with Crippen molar-refractivity contribution in [3.05, 3.63) is 53.9 Å². The Morgan fingerprint density at radius 1 is 1.06 bits per heavy atom. The zero-order chi connectivity index (χ0) is 23.0. The second-order valence-electron chi connectivity index (χ2n) is 9.18. The number of pyridine rings is 1. The number of ether oxygens (including phenoxy) is 1. The third-order valence-electron chi connectivity index (χ3n) is 6.68. The molecule has 174 valence electrons. The average Bonchev–Trinajstić information content (AvgIpc) is 3.26. The minimum Gasteiger partial charge on any atom is -0.406 e. The first-order valence-corrected chi connectivity index (χ1v) is 11.2. The fourth-order valence-electron chi connectivity index (χ4n) is 5.18. The fraction of sp³-hybridized carbons (Fsp3) is 0.542. The lowest BCUT2D eigenvalue weighted by Crippen LogP contribution is -2.64. The molecule has 32 heavy (non-hydrogen) atoms. The maximum Gasteiger partial charge on any atom is 0.573 e. The molecule has 1 atom stereocenters. The Kier molecular flexibility index (Phi) is 6.11. The van der Waals surface area contributed by atoms with Crippen LogP contribution < -0.4 is 9.64 Å². The van der Waals surface area contributed by atoms with Crippen LogP contribution in [0.1, 0.15) is 44.2 Å². The van der Waals surface area contributed by atoms with Gasteiger partial charge in [-0.2, -0.15) is 0 Å². The molecular weight excluding hydrogens is 419 g/mol. The Labute approximate surface area is 186 Å². The van der Waals surface area contributed by atoms with Gasteiger partial charge in [0.2, 0.25) is 0 Å². The first-order valence-electron chi connectivity index (χ1n) is 11.2. The lowest BCUT2D eigenvalue weighted by atomic mass is 9.62. The van der Waals surface area contributed by atoms with Crippen molar-refractivity contribution in [2.45, 2.75) is 45.1 Å². The van der Waals surface area contributed by atoms with Crippen LogP contribution in [0.2, 0.25) is 0 Å². The topological polar surface area (TPSA) is 48.8 Å². The van der Waals surface area contributed by atoms with Crippen molar-refractivity contribution in [1.29, 1.82) is 0 Å². The van der Waals surface area contributed by atoms with E-state index in [1.54, 1.807) is 6.20 Å². The van der Waals surface area contributed by atoms with Crippen molar-refractivity contribution in [2.75, 3.05) is 37.6 Å². The van der Waals surface area contributed by atoms with Gasteiger partial charge in [0.05, 0.1) is 11.9 Å². The second kappa shape index (κ2) is 8.56. The summed E-state index contributed by atoms with van der Waals surface area (Å²) in [6.45, 7) is 8.37. The Balaban J connectivity index is 1.72. The molecule has 0 spiro atoms. The van der Waals surface area contributed by atoms with Gasteiger partial charge in [0.15, 0.2) is 0 Å². The zero-order valence-corrected chi connectivity index (χ0v) is 18.5. The molecule has 0 radical (unpaired) electrons. The Morgan fingerprint density at radius 3 is 2.31 bits per heavy atom. The van der Waals surface area contributed by atoms with E-state index in [1.165, 1.54) is 24.3 Å². The lowest BCUT2D eigenvalue weighted by Gasteiger charge is -2.57. The quantitative estimate of drug-likeness (QED) is 0.672. The van der Waals surface area contributed by atoms with Crippen LogP contribution in [0.3, 0.4) is 0 Å². The molecule has 3 heterocycles. The smallest absolute Gasteiger partial charge is 0.406 e. The number of aliphatic hydroxyl groups is 1. The van der Waals surface area contributed by atoms with Crippen molar-refractivity contribution in [2.24, 2.45) is 5.41 Å². The molecule has 4 rings (SSSR count). The van der Waals surface area contributed by atoms with Gasteiger partial charge in [0.1, 0.15) is 11.4 Å². The highest BCUT2D eigenvalue weighted by atomic mass is 19.4. The summed E-state index contributed by atoms with van der Waals surface area (Å²) in [4.78, 5) is 8.96. The third-order valence-corrected chi connectivity index (χ3v) is 6.68. The van der Waals surface area contributed by atoms with Gasteiger partial charge in [-0.25, -0.2) is 0 Å². The van der Waals surface area contributed by atoms with Gasteiger partial charge in [0.25, 0.3) is 0 Å². The van der Waals surface area contributed by atoms with E-state index < -0.39 is 17.4 Å². The van der Waals surface area contributed by atoms with E-state index in [-0.39, 0.29) is 5.75 Å². The van der Waals surface area contributed by atoms with E-state index in [0.29, 0.717) is 24.2 Å². The molecule has 0 bridgehead atoms. The number of anilines is 1. The summed E-state index contributed by atoms with van der Waals surface area (Å²) in [6, 6.07) is 7.55. The van der Waals surface area contributed by atoms with E-state index >= 15 is 0 Å². The highest BCUT2D eigenvalue weighted by Crippen LogP contribution is 2.51. The zero-order valence-electron chi connectivity index (χ0n) is 18.5. The minimum atomic E-state index is -4.76. The highest BCUT2D eigenvalue weighted by molar-refractivity contribution is 5.51. The fourth-order valence-corrected chi connectivity index (χ4v) is 5.18. The van der Waals surface area contributed by atoms with Gasteiger partial charge < -0.3 is 19.6 Å². The van der Waals surface area contributed by atoms with Gasteiger partial charge in [-0.3, -0.25) is 4.98 Å². The van der Waals surface area contributed by atoms with Crippen LogP contribution >= 0.6 is 0 Å². The lowest BCUT2D eigenvalue weighted by molar-refractivity contribution is -0.274. The van der Waals surface area contributed by atoms with E-state index in [4.69, 9.17) is 0 Å². The Bertz CT molecular complexity index is 923. The largest absolute Gasteiger partial charge is 0.573 e. The van der Waals surface area contributed by atoms with E-state index in [2.05, 4.69) is 26.4 Å². The number of halogens is 3. The number of aromatic nitrogens is 1. The second-order valence-corrected chi connectivity index (χ2v) is 9.18. The molecule has 0 saturated carbocycles. The van der Waals surface area contributed by atoms with Crippen LogP contribution in [0.25, 0.3) is 0 Å². The SMILES string of the molecule is CCCN1CC(C)([C@](O)(c2ccc(OC(F)(F)F)cc2)c2cncc(N3CCCC3)c2)C1. The predicted molar refractivity (Wildman–Crippen MR) is 117 cm³/mol. The van der Waals surface area contributed by atoms with Crippen LogP contribution in [-0.4, -0.2) is 54.1 Å². The van der Waals surface area contributed by atoms with Crippen LogP contribution in [0.5, 0.6) is 5.75 Å². The standard InChI is InChI=1S/C24H30F3N3O2/c1-3-10-29-16-22(2,17-29)23(31,18-6-8-21(9-7-18)32-24(25,26)27)19-13-20(15-28-14-19)30-11-4-5-12-30/h6-9,13-15,31H,3-5,10-12,16-17H2,1-2H3/t23-/m0/s1. The summed E-state index contributed by atoms with van der Waals surface area (Å²) in [6.07, 6.45) is 1.99. The molecule has 2 aromatic rings. The van der Waals surface area contributed by atoms with Crippen LogP contribution in [0.15, 0.2) is 42.7 Å². The van der Waals surface area contributed by atoms with Gasteiger partial charge in [-0.15, -0.1) is 13.2 Å². The van der Waals surface area contributed by atoms with Gasteiger partial charge in [-0.05, 0) is 49.6 Å². The number of rotatable bonds is 7. The van der Waals surface area contributed by atoms with Gasteiger partial charge >= 0.3 is 6.36 Å². The van der Waals surface area contributed by atoms with E-state index in [9.17, 15) is 18.3 Å². The molecule has 2 saturated heterocycles. The number of alkyl halides is 3. The Morgan fingerprint density at radius 2 is 1.72 bits per heavy atom. The molecule has 0 amide bonds. The van der Waals surface area contributed by atoms with Gasteiger partial charge in [-0.1, -0.05) is 26.0 Å². The molecule has 5 nitrogen and oxygen atoms in total. The van der Waals surface area contributed by atoms with Crippen LogP contribution in [0, 0.1) is 5.41 Å². The molecule has 1 N–H and O–H groups in total. The number of hydrogen-bond donors (Lipinski definition) is 1. The Hall–Kier alpha value is -2.32. The number of benzene rings is 1. The number of likely N-dealkylation sites (tertiary alicyclic amines) is 1. The third kappa shape index (κ3) is 4.30. The van der Waals surface area contributed by atoms with Crippen molar-refractivity contribution in [1.82, 2.24) is 9.88 Å². The van der Waals surface area contributed by atoms with Crippen LogP contribution in [0.4, 0.5) is 18.9 Å². The minimum absolute atomic E-state index is 0.307.